The second-order valence-corrected chi connectivity index (χ2v) is 4.90. The van der Waals surface area contributed by atoms with Crippen LogP contribution in [-0.4, -0.2) is 11.8 Å². The lowest BCUT2D eigenvalue weighted by molar-refractivity contribution is 0.102. The fourth-order valence-electron chi connectivity index (χ4n) is 2.41. The number of para-hydroxylation sites is 2. The Morgan fingerprint density at radius 1 is 0.700 bits per heavy atom. The van der Waals surface area contributed by atoms with Crippen molar-refractivity contribution in [2.75, 3.05) is 10.6 Å². The van der Waals surface area contributed by atoms with Crippen LogP contribution in [0.25, 0.3) is 0 Å². The largest absolute Gasteiger partial charge is 0.321 e. The molecule has 0 aliphatic carbocycles. The molecule has 3 rings (SSSR count). The fraction of sp³-hybridized carbons (Fsp3) is 0.125. The maximum Gasteiger partial charge on any atom is 0.257 e. The molecule has 0 fully saturated rings. The molecule has 0 bridgehead atoms. The van der Waals surface area contributed by atoms with Gasteiger partial charge in [-0.1, -0.05) is 24.3 Å². The molecule has 2 aromatic carbocycles. The zero-order chi connectivity index (χ0) is 14.3. The van der Waals surface area contributed by atoms with E-state index in [9.17, 15) is 9.59 Å². The summed E-state index contributed by atoms with van der Waals surface area (Å²) in [6.07, 6.45) is 0. The monoisotopic (exact) mass is 266 g/mol. The van der Waals surface area contributed by atoms with Crippen molar-refractivity contribution in [3.05, 3.63) is 58.7 Å². The van der Waals surface area contributed by atoms with Crippen molar-refractivity contribution in [1.82, 2.24) is 0 Å². The number of carbonyl (C=O) groups excluding carboxylic acids is 2. The van der Waals surface area contributed by atoms with Crippen LogP contribution in [0.15, 0.2) is 36.4 Å². The van der Waals surface area contributed by atoms with Gasteiger partial charge in [-0.3, -0.25) is 9.59 Å². The van der Waals surface area contributed by atoms with Gasteiger partial charge in [-0.25, -0.2) is 0 Å². The number of hydrogen-bond acceptors (Lipinski definition) is 2. The Balaban J connectivity index is 2.21. The maximum absolute atomic E-state index is 12.4. The summed E-state index contributed by atoms with van der Waals surface area (Å²) < 4.78 is 0. The van der Waals surface area contributed by atoms with Gasteiger partial charge in [0.25, 0.3) is 11.8 Å². The number of hydrogen-bond donors (Lipinski definition) is 2. The Morgan fingerprint density at radius 2 is 1.10 bits per heavy atom. The first kappa shape index (κ1) is 12.4. The average Bonchev–Trinajstić information content (AvgIpc) is 2.41. The normalized spacial score (nSPS) is 13.5. The molecular weight excluding hydrogens is 252 g/mol. The number of fused-ring (bicyclic) bond motifs is 2. The second-order valence-electron chi connectivity index (χ2n) is 4.90. The van der Waals surface area contributed by atoms with Crippen molar-refractivity contribution < 1.29 is 9.59 Å². The van der Waals surface area contributed by atoms with E-state index < -0.39 is 0 Å². The molecule has 4 heteroatoms. The summed E-state index contributed by atoms with van der Waals surface area (Å²) in [5.41, 5.74) is 3.83. The van der Waals surface area contributed by atoms with Crippen molar-refractivity contribution in [3.8, 4) is 0 Å². The lowest BCUT2D eigenvalue weighted by Gasteiger charge is -2.20. The molecule has 1 aliphatic rings. The Bertz CT molecular complexity index is 672. The highest BCUT2D eigenvalue weighted by Gasteiger charge is 2.23. The van der Waals surface area contributed by atoms with E-state index in [1.54, 1.807) is 24.3 Å². The first-order valence-corrected chi connectivity index (χ1v) is 6.40. The Hall–Kier alpha value is -2.62. The summed E-state index contributed by atoms with van der Waals surface area (Å²) in [6, 6.07) is 10.8. The first-order valence-electron chi connectivity index (χ1n) is 6.40. The SMILES string of the molecule is Cc1cccc2c1NC(=O)c1cccc(C)c1NC2=O. The van der Waals surface area contributed by atoms with Gasteiger partial charge in [-0.15, -0.1) is 0 Å². The summed E-state index contributed by atoms with van der Waals surface area (Å²) in [7, 11) is 0. The molecule has 0 unspecified atom stereocenters. The molecule has 100 valence electrons. The topological polar surface area (TPSA) is 58.2 Å². The molecule has 0 spiro atoms. The van der Waals surface area contributed by atoms with Crippen molar-refractivity contribution in [2.45, 2.75) is 13.8 Å². The molecule has 1 aliphatic heterocycles. The minimum absolute atomic E-state index is 0.209. The number of anilines is 2. The summed E-state index contributed by atoms with van der Waals surface area (Å²) in [6.45, 7) is 3.73. The van der Waals surface area contributed by atoms with Gasteiger partial charge in [0.05, 0.1) is 22.5 Å². The lowest BCUT2D eigenvalue weighted by Crippen LogP contribution is -2.25. The minimum Gasteiger partial charge on any atom is -0.321 e. The molecular formula is C16H14N2O2. The van der Waals surface area contributed by atoms with Crippen LogP contribution >= 0.6 is 0 Å². The predicted molar refractivity (Wildman–Crippen MR) is 78.3 cm³/mol. The molecule has 0 radical (unpaired) electrons. The Kier molecular flexibility index (Phi) is 2.79. The van der Waals surface area contributed by atoms with E-state index >= 15 is 0 Å². The molecule has 0 saturated carbocycles. The smallest absolute Gasteiger partial charge is 0.257 e. The summed E-state index contributed by atoms with van der Waals surface area (Å²) in [5.74, 6) is -0.418. The van der Waals surface area contributed by atoms with Gasteiger partial charge in [-0.05, 0) is 37.1 Å². The fourth-order valence-corrected chi connectivity index (χ4v) is 2.41. The van der Waals surface area contributed by atoms with Gasteiger partial charge in [-0.2, -0.15) is 0 Å². The van der Waals surface area contributed by atoms with Crippen molar-refractivity contribution >= 4 is 23.2 Å². The third-order valence-electron chi connectivity index (χ3n) is 3.51. The predicted octanol–water partition coefficient (Wildman–Crippen LogP) is 3.12. The van der Waals surface area contributed by atoms with Gasteiger partial charge < -0.3 is 10.6 Å². The average molecular weight is 266 g/mol. The van der Waals surface area contributed by atoms with Crippen LogP contribution in [0.1, 0.15) is 31.8 Å². The molecule has 2 amide bonds. The second kappa shape index (κ2) is 4.49. The van der Waals surface area contributed by atoms with E-state index in [-0.39, 0.29) is 11.8 Å². The van der Waals surface area contributed by atoms with Crippen LogP contribution in [0.4, 0.5) is 11.4 Å². The quantitative estimate of drug-likeness (QED) is 0.769. The zero-order valence-electron chi connectivity index (χ0n) is 11.3. The van der Waals surface area contributed by atoms with Crippen LogP contribution in [-0.2, 0) is 0 Å². The van der Waals surface area contributed by atoms with E-state index in [1.807, 2.05) is 26.0 Å². The molecule has 2 N–H and O–H groups in total. The highest BCUT2D eigenvalue weighted by molar-refractivity contribution is 6.19. The van der Waals surface area contributed by atoms with Gasteiger partial charge in [0.2, 0.25) is 0 Å². The minimum atomic E-state index is -0.209. The Morgan fingerprint density at radius 3 is 1.50 bits per heavy atom. The molecule has 0 saturated heterocycles. The lowest BCUT2D eigenvalue weighted by atomic mass is 10.0. The number of amides is 2. The molecule has 20 heavy (non-hydrogen) atoms. The number of nitrogens with one attached hydrogen (secondary N) is 2. The van der Waals surface area contributed by atoms with Crippen LogP contribution in [0.5, 0.6) is 0 Å². The zero-order valence-corrected chi connectivity index (χ0v) is 11.3. The van der Waals surface area contributed by atoms with Crippen LogP contribution in [0.3, 0.4) is 0 Å². The van der Waals surface area contributed by atoms with Gasteiger partial charge in [0, 0.05) is 0 Å². The Labute approximate surface area is 116 Å². The van der Waals surface area contributed by atoms with Gasteiger partial charge in [0.15, 0.2) is 0 Å². The van der Waals surface area contributed by atoms with Crippen LogP contribution < -0.4 is 10.6 Å². The molecule has 4 nitrogen and oxygen atoms in total. The van der Waals surface area contributed by atoms with E-state index in [0.29, 0.717) is 22.5 Å². The number of rotatable bonds is 0. The highest BCUT2D eigenvalue weighted by atomic mass is 16.2. The number of benzene rings is 2. The first-order chi connectivity index (χ1) is 9.58. The third kappa shape index (κ3) is 1.86. The standard InChI is InChI=1S/C16H14N2O2/c1-9-5-3-7-11-13(9)17-16(20)12-8-4-6-10(2)14(12)18-15(11)19/h3-8H,1-2H3,(H,17,20)(H,18,19). The van der Waals surface area contributed by atoms with Crippen LogP contribution in [0.2, 0.25) is 0 Å². The van der Waals surface area contributed by atoms with Crippen molar-refractivity contribution in [2.24, 2.45) is 0 Å². The third-order valence-corrected chi connectivity index (χ3v) is 3.51. The summed E-state index contributed by atoms with van der Waals surface area (Å²) >= 11 is 0. The molecule has 2 aromatic rings. The summed E-state index contributed by atoms with van der Waals surface area (Å²) in [5, 5.41) is 5.69. The highest BCUT2D eigenvalue weighted by Crippen LogP contribution is 2.29. The maximum atomic E-state index is 12.4. The van der Waals surface area contributed by atoms with E-state index in [2.05, 4.69) is 10.6 Å². The molecule has 1 heterocycles. The van der Waals surface area contributed by atoms with Gasteiger partial charge in [0.1, 0.15) is 0 Å². The van der Waals surface area contributed by atoms with E-state index in [1.165, 1.54) is 0 Å². The van der Waals surface area contributed by atoms with E-state index in [0.717, 1.165) is 11.1 Å². The van der Waals surface area contributed by atoms with Crippen LogP contribution in [0, 0.1) is 13.8 Å². The van der Waals surface area contributed by atoms with Crippen molar-refractivity contribution in [1.29, 1.82) is 0 Å². The number of aryl methyl sites for hydroxylation is 2. The van der Waals surface area contributed by atoms with Gasteiger partial charge >= 0.3 is 0 Å². The molecule has 0 aromatic heterocycles. The number of carbonyl (C=O) groups is 2. The van der Waals surface area contributed by atoms with E-state index in [4.69, 9.17) is 0 Å². The molecule has 0 atom stereocenters. The van der Waals surface area contributed by atoms with Crippen molar-refractivity contribution in [3.63, 3.8) is 0 Å². The summed E-state index contributed by atoms with van der Waals surface area (Å²) in [4.78, 5) is 24.7.